The number of nitrogens with one attached hydrogen (secondary N) is 1. The molecule has 0 saturated carbocycles. The molecule has 0 aromatic heterocycles. The number of carbonyl (C=O) groups is 1. The lowest BCUT2D eigenvalue weighted by atomic mass is 10.1. The molecule has 0 fully saturated rings. The van der Waals surface area contributed by atoms with E-state index in [1.54, 1.807) is 0 Å². The molecule has 1 rings (SSSR count). The van der Waals surface area contributed by atoms with Crippen molar-refractivity contribution in [1.82, 2.24) is 5.32 Å². The zero-order chi connectivity index (χ0) is 12.5. The molecule has 1 N–H and O–H groups in total. The molecule has 0 saturated heterocycles. The molecule has 1 aromatic carbocycles. The van der Waals surface area contributed by atoms with Gasteiger partial charge in [-0.05, 0) is 18.9 Å². The van der Waals surface area contributed by atoms with Gasteiger partial charge in [-0.3, -0.25) is 4.79 Å². The Balaban J connectivity index is 2.47. The smallest absolute Gasteiger partial charge is 0.323 e. The lowest BCUT2D eigenvalue weighted by Crippen LogP contribution is -2.37. The molecule has 3 nitrogen and oxygen atoms in total. The van der Waals surface area contributed by atoms with E-state index in [0.717, 1.165) is 12.8 Å². The lowest BCUT2D eigenvalue weighted by Gasteiger charge is -2.16. The summed E-state index contributed by atoms with van der Waals surface area (Å²) in [4.78, 5) is 11.7. The quantitative estimate of drug-likeness (QED) is 0.738. The minimum atomic E-state index is -0.194. The molecule has 3 heteroatoms. The van der Waals surface area contributed by atoms with Crippen molar-refractivity contribution in [3.05, 3.63) is 35.9 Å². The Morgan fingerprint density at radius 3 is 2.59 bits per heavy atom. The maximum Gasteiger partial charge on any atom is 0.323 e. The second-order valence-electron chi connectivity index (χ2n) is 3.96. The fourth-order valence-electron chi connectivity index (χ4n) is 1.67. The maximum atomic E-state index is 11.7. The van der Waals surface area contributed by atoms with E-state index in [9.17, 15) is 4.79 Å². The highest BCUT2D eigenvalue weighted by Gasteiger charge is 2.17. The van der Waals surface area contributed by atoms with Crippen LogP contribution >= 0.6 is 0 Å². The third-order valence-electron chi connectivity index (χ3n) is 2.54. The molecule has 0 unspecified atom stereocenters. The van der Waals surface area contributed by atoms with Crippen molar-refractivity contribution in [1.29, 1.82) is 0 Å². The number of carbonyl (C=O) groups excluding carboxylic acids is 1. The summed E-state index contributed by atoms with van der Waals surface area (Å²) in [5.41, 5.74) is 1.18. The van der Waals surface area contributed by atoms with Crippen molar-refractivity contribution in [2.45, 2.75) is 39.3 Å². The van der Waals surface area contributed by atoms with Crippen LogP contribution in [0, 0.1) is 0 Å². The molecule has 0 heterocycles. The SMILES string of the molecule is CCC[C@H](NCc1ccccc1)C(=O)OCC. The van der Waals surface area contributed by atoms with Crippen molar-refractivity contribution in [3.8, 4) is 0 Å². The highest BCUT2D eigenvalue weighted by atomic mass is 16.5. The predicted octanol–water partition coefficient (Wildman–Crippen LogP) is 2.51. The first-order valence-electron chi connectivity index (χ1n) is 6.21. The van der Waals surface area contributed by atoms with Gasteiger partial charge < -0.3 is 10.1 Å². The van der Waals surface area contributed by atoms with E-state index in [-0.39, 0.29) is 12.0 Å². The predicted molar refractivity (Wildman–Crippen MR) is 68.6 cm³/mol. The van der Waals surface area contributed by atoms with Crippen molar-refractivity contribution < 1.29 is 9.53 Å². The summed E-state index contributed by atoms with van der Waals surface area (Å²) >= 11 is 0. The number of hydrogen-bond acceptors (Lipinski definition) is 3. The average molecular weight is 235 g/mol. The van der Waals surface area contributed by atoms with E-state index in [4.69, 9.17) is 4.74 Å². The first-order valence-corrected chi connectivity index (χ1v) is 6.21. The Morgan fingerprint density at radius 1 is 1.29 bits per heavy atom. The zero-order valence-corrected chi connectivity index (χ0v) is 10.6. The Morgan fingerprint density at radius 2 is 2.00 bits per heavy atom. The molecule has 0 aliphatic rings. The third kappa shape index (κ3) is 5.00. The summed E-state index contributed by atoms with van der Waals surface area (Å²) in [6.07, 6.45) is 1.77. The summed E-state index contributed by atoms with van der Waals surface area (Å²) in [5, 5.41) is 3.25. The van der Waals surface area contributed by atoms with E-state index >= 15 is 0 Å². The average Bonchev–Trinajstić information content (AvgIpc) is 2.36. The molecule has 0 aliphatic carbocycles. The first kappa shape index (κ1) is 13.7. The van der Waals surface area contributed by atoms with Gasteiger partial charge >= 0.3 is 5.97 Å². The van der Waals surface area contributed by atoms with Gasteiger partial charge in [0.1, 0.15) is 6.04 Å². The Labute approximate surface area is 103 Å². The van der Waals surface area contributed by atoms with Gasteiger partial charge in [-0.15, -0.1) is 0 Å². The summed E-state index contributed by atoms with van der Waals surface area (Å²) in [6, 6.07) is 9.87. The molecule has 1 aromatic rings. The van der Waals surface area contributed by atoms with Gasteiger partial charge in [-0.25, -0.2) is 0 Å². The monoisotopic (exact) mass is 235 g/mol. The van der Waals surface area contributed by atoms with Gasteiger partial charge in [0.25, 0.3) is 0 Å². The molecule has 0 bridgehead atoms. The van der Waals surface area contributed by atoms with Crippen LogP contribution in [0.5, 0.6) is 0 Å². The van der Waals surface area contributed by atoms with Gasteiger partial charge in [-0.1, -0.05) is 43.7 Å². The van der Waals surface area contributed by atoms with E-state index < -0.39 is 0 Å². The zero-order valence-electron chi connectivity index (χ0n) is 10.6. The molecule has 17 heavy (non-hydrogen) atoms. The lowest BCUT2D eigenvalue weighted by molar-refractivity contribution is -0.145. The van der Waals surface area contributed by atoms with Crippen molar-refractivity contribution in [2.75, 3.05) is 6.61 Å². The van der Waals surface area contributed by atoms with Gasteiger partial charge in [0.2, 0.25) is 0 Å². The molecule has 1 atom stereocenters. The largest absolute Gasteiger partial charge is 0.465 e. The molecular formula is C14H21NO2. The van der Waals surface area contributed by atoms with Gasteiger partial charge in [-0.2, -0.15) is 0 Å². The van der Waals surface area contributed by atoms with Crippen molar-refractivity contribution in [2.24, 2.45) is 0 Å². The standard InChI is InChI=1S/C14H21NO2/c1-3-8-13(14(16)17-4-2)15-11-12-9-6-5-7-10-12/h5-7,9-10,13,15H,3-4,8,11H2,1-2H3/t13-/m0/s1. The van der Waals surface area contributed by atoms with Crippen LogP contribution in [-0.4, -0.2) is 18.6 Å². The fourth-order valence-corrected chi connectivity index (χ4v) is 1.67. The molecule has 94 valence electrons. The van der Waals surface area contributed by atoms with Crippen LogP contribution in [0.3, 0.4) is 0 Å². The Kier molecular flexibility index (Phi) is 6.33. The van der Waals surface area contributed by atoms with E-state index in [1.165, 1.54) is 5.56 Å². The van der Waals surface area contributed by atoms with E-state index in [1.807, 2.05) is 37.3 Å². The Bertz CT molecular complexity index is 324. The van der Waals surface area contributed by atoms with E-state index in [2.05, 4.69) is 12.2 Å². The van der Waals surface area contributed by atoms with Crippen molar-refractivity contribution in [3.63, 3.8) is 0 Å². The van der Waals surface area contributed by atoms with Crippen molar-refractivity contribution >= 4 is 5.97 Å². The van der Waals surface area contributed by atoms with E-state index in [0.29, 0.717) is 13.2 Å². The van der Waals surface area contributed by atoms with Crippen LogP contribution in [0.4, 0.5) is 0 Å². The normalized spacial score (nSPS) is 12.1. The van der Waals surface area contributed by atoms with Crippen LogP contribution < -0.4 is 5.32 Å². The first-order chi connectivity index (χ1) is 8.27. The third-order valence-corrected chi connectivity index (χ3v) is 2.54. The molecule has 0 amide bonds. The maximum absolute atomic E-state index is 11.7. The van der Waals surface area contributed by atoms with Crippen LogP contribution in [0.1, 0.15) is 32.3 Å². The Hall–Kier alpha value is -1.35. The summed E-state index contributed by atoms with van der Waals surface area (Å²) < 4.78 is 5.04. The van der Waals surface area contributed by atoms with Gasteiger partial charge in [0.05, 0.1) is 6.61 Å². The second-order valence-corrected chi connectivity index (χ2v) is 3.96. The van der Waals surface area contributed by atoms with Crippen LogP contribution in [-0.2, 0) is 16.1 Å². The van der Waals surface area contributed by atoms with Crippen LogP contribution in [0.2, 0.25) is 0 Å². The number of rotatable bonds is 7. The molecular weight excluding hydrogens is 214 g/mol. The molecule has 0 spiro atoms. The molecule has 0 aliphatic heterocycles. The number of benzene rings is 1. The fraction of sp³-hybridized carbons (Fsp3) is 0.500. The minimum Gasteiger partial charge on any atom is -0.465 e. The summed E-state index contributed by atoms with van der Waals surface area (Å²) in [6.45, 7) is 5.03. The second kappa shape index (κ2) is 7.85. The summed E-state index contributed by atoms with van der Waals surface area (Å²) in [5.74, 6) is -0.148. The summed E-state index contributed by atoms with van der Waals surface area (Å²) in [7, 11) is 0. The minimum absolute atomic E-state index is 0.148. The van der Waals surface area contributed by atoms with Crippen LogP contribution in [0.25, 0.3) is 0 Å². The van der Waals surface area contributed by atoms with Gasteiger partial charge in [0.15, 0.2) is 0 Å². The highest BCUT2D eigenvalue weighted by molar-refractivity contribution is 5.75. The molecule has 0 radical (unpaired) electrons. The topological polar surface area (TPSA) is 38.3 Å². The number of ether oxygens (including phenoxy) is 1. The number of hydrogen-bond donors (Lipinski definition) is 1. The number of esters is 1. The van der Waals surface area contributed by atoms with Crippen LogP contribution in [0.15, 0.2) is 30.3 Å². The highest BCUT2D eigenvalue weighted by Crippen LogP contribution is 2.03. The van der Waals surface area contributed by atoms with Gasteiger partial charge in [0, 0.05) is 6.54 Å².